The van der Waals surface area contributed by atoms with E-state index in [-0.39, 0.29) is 5.57 Å². The molecule has 0 heterocycles. The summed E-state index contributed by atoms with van der Waals surface area (Å²) in [5.74, 6) is 1.01. The lowest BCUT2D eigenvalue weighted by Gasteiger charge is -2.14. The lowest BCUT2D eigenvalue weighted by Crippen LogP contribution is -2.03. The number of hydrogen-bond acceptors (Lipinski definition) is 5. The Morgan fingerprint density at radius 3 is 2.32 bits per heavy atom. The Kier molecular flexibility index (Phi) is 7.75. The van der Waals surface area contributed by atoms with Gasteiger partial charge in [0.2, 0.25) is 0 Å². The fourth-order valence-corrected chi connectivity index (χ4v) is 2.71. The number of ether oxygens (including phenoxy) is 4. The summed E-state index contributed by atoms with van der Waals surface area (Å²) >= 11 is 0. The second kappa shape index (κ2) is 10.3. The highest BCUT2D eigenvalue weighted by Gasteiger charge is 2.16. The molecule has 28 heavy (non-hydrogen) atoms. The van der Waals surface area contributed by atoms with Crippen LogP contribution >= 0.6 is 0 Å². The van der Waals surface area contributed by atoms with Crippen molar-refractivity contribution in [2.45, 2.75) is 19.8 Å². The van der Waals surface area contributed by atoms with Gasteiger partial charge in [0.05, 0.1) is 33.5 Å². The smallest absolute Gasteiger partial charge is 0.336 e. The van der Waals surface area contributed by atoms with E-state index < -0.39 is 5.97 Å². The number of hydrogen-bond donors (Lipinski definition) is 1. The van der Waals surface area contributed by atoms with Gasteiger partial charge in [-0.25, -0.2) is 4.79 Å². The first kappa shape index (κ1) is 21.2. The molecule has 0 saturated carbocycles. The number of methoxy groups -OCH3 is 3. The second-order valence-electron chi connectivity index (χ2n) is 6.01. The van der Waals surface area contributed by atoms with Crippen LogP contribution in [-0.2, 0) is 4.79 Å². The molecule has 6 heteroatoms. The van der Waals surface area contributed by atoms with E-state index in [9.17, 15) is 9.90 Å². The van der Waals surface area contributed by atoms with Crippen molar-refractivity contribution in [3.63, 3.8) is 0 Å². The molecule has 0 aliphatic heterocycles. The highest BCUT2D eigenvalue weighted by Crippen LogP contribution is 2.36. The summed E-state index contributed by atoms with van der Waals surface area (Å²) in [5, 5.41) is 9.80. The molecule has 0 aromatic heterocycles. The van der Waals surface area contributed by atoms with Crippen molar-refractivity contribution in [2.75, 3.05) is 27.9 Å². The zero-order valence-electron chi connectivity index (χ0n) is 16.7. The van der Waals surface area contributed by atoms with Gasteiger partial charge in [0.25, 0.3) is 0 Å². The molecular formula is C22H26O6. The first-order chi connectivity index (χ1) is 13.5. The zero-order chi connectivity index (χ0) is 20.5. The van der Waals surface area contributed by atoms with Gasteiger partial charge >= 0.3 is 5.97 Å². The van der Waals surface area contributed by atoms with Crippen LogP contribution in [-0.4, -0.2) is 39.0 Å². The topological polar surface area (TPSA) is 74.2 Å². The third kappa shape index (κ3) is 4.97. The van der Waals surface area contributed by atoms with Crippen LogP contribution in [0.5, 0.6) is 23.0 Å². The van der Waals surface area contributed by atoms with E-state index >= 15 is 0 Å². The number of benzene rings is 2. The SMILES string of the molecule is CCCCOc1c(/C=C(\C(=O)O)c2ccc(OC)c(OC)c2)cccc1OC. The minimum absolute atomic E-state index is 0.106. The summed E-state index contributed by atoms with van der Waals surface area (Å²) in [4.78, 5) is 12.0. The Morgan fingerprint density at radius 1 is 1.00 bits per heavy atom. The van der Waals surface area contributed by atoms with Crippen LogP contribution < -0.4 is 18.9 Å². The van der Waals surface area contributed by atoms with Crippen LogP contribution in [0.3, 0.4) is 0 Å². The van der Waals surface area contributed by atoms with Gasteiger partial charge in [-0.1, -0.05) is 31.5 Å². The highest BCUT2D eigenvalue weighted by molar-refractivity contribution is 6.21. The van der Waals surface area contributed by atoms with Gasteiger partial charge in [0.15, 0.2) is 23.0 Å². The Bertz CT molecular complexity index is 841. The second-order valence-corrected chi connectivity index (χ2v) is 6.01. The monoisotopic (exact) mass is 386 g/mol. The Labute approximate surface area is 165 Å². The number of aliphatic carboxylic acids is 1. The summed E-state index contributed by atoms with van der Waals surface area (Å²) in [6, 6.07) is 10.4. The molecule has 0 fully saturated rings. The maximum absolute atomic E-state index is 12.0. The average molecular weight is 386 g/mol. The summed E-state index contributed by atoms with van der Waals surface area (Å²) in [5.41, 5.74) is 1.23. The molecule has 6 nitrogen and oxygen atoms in total. The summed E-state index contributed by atoms with van der Waals surface area (Å²) in [6.07, 6.45) is 3.46. The molecular weight excluding hydrogens is 360 g/mol. The van der Waals surface area contributed by atoms with Gasteiger partial charge in [-0.2, -0.15) is 0 Å². The van der Waals surface area contributed by atoms with E-state index in [0.29, 0.717) is 40.7 Å². The predicted molar refractivity (Wildman–Crippen MR) is 108 cm³/mol. The zero-order valence-corrected chi connectivity index (χ0v) is 16.7. The molecule has 0 saturated heterocycles. The molecule has 0 radical (unpaired) electrons. The fraction of sp³-hybridized carbons (Fsp3) is 0.318. The van der Waals surface area contributed by atoms with Gasteiger partial charge < -0.3 is 24.1 Å². The third-order valence-electron chi connectivity index (χ3n) is 4.20. The van der Waals surface area contributed by atoms with E-state index in [1.165, 1.54) is 14.2 Å². The lowest BCUT2D eigenvalue weighted by molar-refractivity contribution is -0.130. The minimum atomic E-state index is -1.06. The molecule has 2 rings (SSSR count). The van der Waals surface area contributed by atoms with Crippen LogP contribution in [0.2, 0.25) is 0 Å². The van der Waals surface area contributed by atoms with Crippen LogP contribution in [0, 0.1) is 0 Å². The Balaban J connectivity index is 2.54. The minimum Gasteiger partial charge on any atom is -0.493 e. The van der Waals surface area contributed by atoms with Crippen LogP contribution in [0.15, 0.2) is 36.4 Å². The lowest BCUT2D eigenvalue weighted by atomic mass is 10.0. The number of rotatable bonds is 10. The molecule has 0 unspecified atom stereocenters. The van der Waals surface area contributed by atoms with Gasteiger partial charge in [0.1, 0.15) is 0 Å². The largest absolute Gasteiger partial charge is 0.493 e. The Morgan fingerprint density at radius 2 is 1.71 bits per heavy atom. The Hall–Kier alpha value is -3.15. The number of unbranched alkanes of at least 4 members (excludes halogenated alkanes) is 1. The molecule has 0 aliphatic carbocycles. The maximum atomic E-state index is 12.0. The number of para-hydroxylation sites is 1. The van der Waals surface area contributed by atoms with E-state index in [1.807, 2.05) is 0 Å². The molecule has 0 atom stereocenters. The average Bonchev–Trinajstić information content (AvgIpc) is 2.71. The van der Waals surface area contributed by atoms with E-state index in [1.54, 1.807) is 49.6 Å². The number of carbonyl (C=O) groups is 1. The van der Waals surface area contributed by atoms with Crippen LogP contribution in [0.25, 0.3) is 11.6 Å². The normalized spacial score (nSPS) is 11.1. The van der Waals surface area contributed by atoms with Crippen LogP contribution in [0.1, 0.15) is 30.9 Å². The highest BCUT2D eigenvalue weighted by atomic mass is 16.5. The first-order valence-electron chi connectivity index (χ1n) is 9.02. The van der Waals surface area contributed by atoms with Crippen molar-refractivity contribution in [3.8, 4) is 23.0 Å². The van der Waals surface area contributed by atoms with Crippen molar-refractivity contribution in [2.24, 2.45) is 0 Å². The molecule has 150 valence electrons. The number of carboxylic acid groups (broad SMARTS) is 1. The molecule has 0 aliphatic rings. The van der Waals surface area contributed by atoms with Gasteiger partial charge in [-0.15, -0.1) is 0 Å². The van der Waals surface area contributed by atoms with Crippen molar-refractivity contribution in [1.82, 2.24) is 0 Å². The van der Waals surface area contributed by atoms with E-state index in [2.05, 4.69) is 6.92 Å². The van der Waals surface area contributed by atoms with Gasteiger partial charge in [0, 0.05) is 5.56 Å². The predicted octanol–water partition coefficient (Wildman–Crippen LogP) is 4.52. The van der Waals surface area contributed by atoms with E-state index in [0.717, 1.165) is 12.8 Å². The quantitative estimate of drug-likeness (QED) is 0.368. The molecule has 0 amide bonds. The standard InChI is InChI=1S/C22H26O6/c1-5-6-12-28-21-16(8-7-9-19(21)26-3)13-17(22(23)24)15-10-11-18(25-2)20(14-15)27-4/h7-11,13-14H,5-6,12H2,1-4H3,(H,23,24)/b17-13-. The molecule has 2 aromatic carbocycles. The fourth-order valence-electron chi connectivity index (χ4n) is 2.71. The maximum Gasteiger partial charge on any atom is 0.336 e. The molecule has 0 spiro atoms. The summed E-state index contributed by atoms with van der Waals surface area (Å²) in [7, 11) is 4.59. The van der Waals surface area contributed by atoms with Gasteiger partial charge in [-0.05, 0) is 36.3 Å². The van der Waals surface area contributed by atoms with Crippen molar-refractivity contribution in [3.05, 3.63) is 47.5 Å². The third-order valence-corrected chi connectivity index (χ3v) is 4.20. The summed E-state index contributed by atoms with van der Waals surface area (Å²) in [6.45, 7) is 2.60. The van der Waals surface area contributed by atoms with Crippen molar-refractivity contribution < 1.29 is 28.8 Å². The van der Waals surface area contributed by atoms with Gasteiger partial charge in [-0.3, -0.25) is 0 Å². The summed E-state index contributed by atoms with van der Waals surface area (Å²) < 4.78 is 21.8. The van der Waals surface area contributed by atoms with Crippen molar-refractivity contribution >= 4 is 17.6 Å². The molecule has 1 N–H and O–H groups in total. The molecule has 2 aromatic rings. The van der Waals surface area contributed by atoms with Crippen molar-refractivity contribution in [1.29, 1.82) is 0 Å². The first-order valence-corrected chi connectivity index (χ1v) is 9.02. The molecule has 0 bridgehead atoms. The van der Waals surface area contributed by atoms with E-state index in [4.69, 9.17) is 18.9 Å². The number of carboxylic acids is 1. The van der Waals surface area contributed by atoms with Crippen LogP contribution in [0.4, 0.5) is 0 Å².